The third-order valence-electron chi connectivity index (χ3n) is 2.48. The van der Waals surface area contributed by atoms with E-state index < -0.39 is 49.5 Å². The molecule has 0 spiro atoms. The summed E-state index contributed by atoms with van der Waals surface area (Å²) in [5.41, 5.74) is -3.02. The van der Waals surface area contributed by atoms with Crippen LogP contribution in [0.1, 0.15) is 6.92 Å². The molecule has 0 saturated heterocycles. The molecule has 116 valence electrons. The maximum atomic E-state index is 13.6. The first-order valence-corrected chi connectivity index (χ1v) is 6.85. The Labute approximate surface area is 118 Å². The molecular formula is C10H11FN2O7S. The Morgan fingerprint density at radius 1 is 1.52 bits per heavy atom. The summed E-state index contributed by atoms with van der Waals surface area (Å²) in [5.74, 6) is -3.04. The number of nitrogens with zero attached hydrogens (tertiary/aromatic N) is 1. The summed E-state index contributed by atoms with van der Waals surface area (Å²) in [7, 11) is -4.47. The number of nitrogens with one attached hydrogen (secondary N) is 1. The van der Waals surface area contributed by atoms with Gasteiger partial charge in [-0.1, -0.05) is 0 Å². The van der Waals surface area contributed by atoms with Crippen LogP contribution >= 0.6 is 0 Å². The number of sulfonamides is 1. The quantitative estimate of drug-likeness (QED) is 0.487. The zero-order valence-corrected chi connectivity index (χ0v) is 11.4. The average molecular weight is 322 g/mol. The van der Waals surface area contributed by atoms with E-state index in [0.29, 0.717) is 12.1 Å². The second kappa shape index (κ2) is 5.71. The minimum atomic E-state index is -4.47. The number of nitro benzene ring substituents is 1. The molecule has 0 heterocycles. The molecule has 1 aromatic carbocycles. The molecule has 1 aromatic rings. The normalized spacial score (nSPS) is 14.4. The number of halogens is 1. The maximum Gasteiger partial charge on any atom is 0.336 e. The lowest BCUT2D eigenvalue weighted by atomic mass is 10.1. The van der Waals surface area contributed by atoms with E-state index in [9.17, 15) is 32.8 Å². The number of benzene rings is 1. The van der Waals surface area contributed by atoms with Gasteiger partial charge < -0.3 is 10.2 Å². The Hall–Kier alpha value is -2.11. The van der Waals surface area contributed by atoms with Crippen LogP contribution in [0.2, 0.25) is 0 Å². The van der Waals surface area contributed by atoms with E-state index in [1.807, 2.05) is 0 Å². The molecular weight excluding hydrogens is 311 g/mol. The van der Waals surface area contributed by atoms with E-state index in [0.717, 1.165) is 13.0 Å². The summed E-state index contributed by atoms with van der Waals surface area (Å²) < 4.78 is 38.9. The molecule has 3 N–H and O–H groups in total. The van der Waals surface area contributed by atoms with Crippen molar-refractivity contribution in [1.82, 2.24) is 4.72 Å². The molecule has 0 aliphatic heterocycles. The van der Waals surface area contributed by atoms with Crippen molar-refractivity contribution < 1.29 is 32.7 Å². The van der Waals surface area contributed by atoms with Crippen LogP contribution in [0.3, 0.4) is 0 Å². The second-order valence-electron chi connectivity index (χ2n) is 4.28. The first kappa shape index (κ1) is 16.9. The van der Waals surface area contributed by atoms with E-state index in [4.69, 9.17) is 5.11 Å². The number of aliphatic hydroxyl groups is 1. The van der Waals surface area contributed by atoms with Crippen molar-refractivity contribution in [3.8, 4) is 0 Å². The van der Waals surface area contributed by atoms with Gasteiger partial charge in [0.25, 0.3) is 5.69 Å². The van der Waals surface area contributed by atoms with Gasteiger partial charge in [-0.25, -0.2) is 22.3 Å². The molecule has 0 amide bonds. The van der Waals surface area contributed by atoms with E-state index in [1.165, 1.54) is 0 Å². The minimum Gasteiger partial charge on any atom is -0.479 e. The number of rotatable bonds is 6. The monoisotopic (exact) mass is 322 g/mol. The smallest absolute Gasteiger partial charge is 0.336 e. The van der Waals surface area contributed by atoms with Crippen molar-refractivity contribution in [1.29, 1.82) is 0 Å². The summed E-state index contributed by atoms with van der Waals surface area (Å²) in [4.78, 5) is 19.3. The Kier molecular flexibility index (Phi) is 4.61. The van der Waals surface area contributed by atoms with Crippen molar-refractivity contribution >= 4 is 21.7 Å². The zero-order chi connectivity index (χ0) is 16.4. The van der Waals surface area contributed by atoms with Crippen molar-refractivity contribution in [3.63, 3.8) is 0 Å². The van der Waals surface area contributed by atoms with Gasteiger partial charge in [0.05, 0.1) is 17.5 Å². The summed E-state index contributed by atoms with van der Waals surface area (Å²) >= 11 is 0. The van der Waals surface area contributed by atoms with Crippen molar-refractivity contribution in [2.45, 2.75) is 17.4 Å². The Balaban J connectivity index is 3.04. The molecule has 0 fully saturated rings. The van der Waals surface area contributed by atoms with Crippen LogP contribution in [0.5, 0.6) is 0 Å². The first-order valence-electron chi connectivity index (χ1n) is 5.37. The molecule has 21 heavy (non-hydrogen) atoms. The SMILES string of the molecule is CC(O)(CNS(=O)(=O)c1ccc([N+](=O)[O-])cc1F)C(=O)O. The van der Waals surface area contributed by atoms with Crippen LogP contribution in [0.25, 0.3) is 0 Å². The molecule has 1 atom stereocenters. The van der Waals surface area contributed by atoms with Crippen LogP contribution in [-0.4, -0.2) is 41.7 Å². The third-order valence-corrected chi connectivity index (χ3v) is 3.92. The van der Waals surface area contributed by atoms with Crippen LogP contribution in [0.4, 0.5) is 10.1 Å². The Bertz CT molecular complexity index is 687. The van der Waals surface area contributed by atoms with Gasteiger partial charge in [-0.15, -0.1) is 0 Å². The summed E-state index contributed by atoms with van der Waals surface area (Å²) in [6, 6.07) is 1.88. The first-order chi connectivity index (χ1) is 9.47. The third kappa shape index (κ3) is 3.93. The van der Waals surface area contributed by atoms with Crippen LogP contribution in [-0.2, 0) is 14.8 Å². The Morgan fingerprint density at radius 2 is 2.10 bits per heavy atom. The molecule has 0 saturated carbocycles. The highest BCUT2D eigenvalue weighted by Crippen LogP contribution is 2.20. The maximum absolute atomic E-state index is 13.6. The van der Waals surface area contributed by atoms with Gasteiger partial charge in [-0.2, -0.15) is 0 Å². The van der Waals surface area contributed by atoms with E-state index in [-0.39, 0.29) is 0 Å². The van der Waals surface area contributed by atoms with E-state index in [2.05, 4.69) is 0 Å². The molecule has 1 rings (SSSR count). The number of nitro groups is 1. The van der Waals surface area contributed by atoms with Gasteiger partial charge in [0.1, 0.15) is 10.7 Å². The lowest BCUT2D eigenvalue weighted by molar-refractivity contribution is -0.385. The number of carboxylic acids is 1. The zero-order valence-electron chi connectivity index (χ0n) is 10.6. The second-order valence-corrected chi connectivity index (χ2v) is 6.01. The highest BCUT2D eigenvalue weighted by atomic mass is 32.2. The molecule has 0 aliphatic carbocycles. The molecule has 11 heteroatoms. The van der Waals surface area contributed by atoms with Gasteiger partial charge in [0.15, 0.2) is 5.60 Å². The van der Waals surface area contributed by atoms with Crippen molar-refractivity contribution in [3.05, 3.63) is 34.1 Å². The number of hydrogen-bond donors (Lipinski definition) is 3. The predicted molar refractivity (Wildman–Crippen MR) is 66.5 cm³/mol. The number of carbonyl (C=O) groups is 1. The lowest BCUT2D eigenvalue weighted by Crippen LogP contribution is -2.46. The lowest BCUT2D eigenvalue weighted by Gasteiger charge is -2.18. The highest BCUT2D eigenvalue weighted by Gasteiger charge is 2.32. The van der Waals surface area contributed by atoms with Crippen LogP contribution in [0.15, 0.2) is 23.1 Å². The molecule has 0 radical (unpaired) electrons. The molecule has 1 unspecified atom stereocenters. The fourth-order valence-corrected chi connectivity index (χ4v) is 2.40. The van der Waals surface area contributed by atoms with Gasteiger partial charge >= 0.3 is 5.97 Å². The fraction of sp³-hybridized carbons (Fsp3) is 0.300. The number of aliphatic carboxylic acids is 1. The number of hydrogen-bond acceptors (Lipinski definition) is 6. The summed E-state index contributed by atoms with van der Waals surface area (Å²) in [5, 5.41) is 28.4. The van der Waals surface area contributed by atoms with Crippen LogP contribution in [0, 0.1) is 15.9 Å². The molecule has 0 aromatic heterocycles. The van der Waals surface area contributed by atoms with Gasteiger partial charge in [0.2, 0.25) is 10.0 Å². The van der Waals surface area contributed by atoms with Gasteiger partial charge in [0, 0.05) is 6.07 Å². The average Bonchev–Trinajstić information content (AvgIpc) is 2.36. The largest absolute Gasteiger partial charge is 0.479 e. The highest BCUT2D eigenvalue weighted by molar-refractivity contribution is 7.89. The van der Waals surface area contributed by atoms with Crippen molar-refractivity contribution in [2.75, 3.05) is 6.54 Å². The molecule has 0 bridgehead atoms. The van der Waals surface area contributed by atoms with E-state index >= 15 is 0 Å². The van der Waals surface area contributed by atoms with Gasteiger partial charge in [-0.05, 0) is 13.0 Å². The molecule has 9 nitrogen and oxygen atoms in total. The van der Waals surface area contributed by atoms with E-state index in [1.54, 1.807) is 4.72 Å². The predicted octanol–water partition coefficient (Wildman–Crippen LogP) is -0.152. The summed E-state index contributed by atoms with van der Waals surface area (Å²) in [6.07, 6.45) is 0. The minimum absolute atomic E-state index is 0.421. The topological polar surface area (TPSA) is 147 Å². The fourth-order valence-electron chi connectivity index (χ4n) is 1.21. The Morgan fingerprint density at radius 3 is 2.52 bits per heavy atom. The van der Waals surface area contributed by atoms with Crippen molar-refractivity contribution in [2.24, 2.45) is 0 Å². The van der Waals surface area contributed by atoms with Gasteiger partial charge in [-0.3, -0.25) is 10.1 Å². The number of carboxylic acid groups (broad SMARTS) is 1. The molecule has 0 aliphatic rings. The standard InChI is InChI=1S/C10H11FN2O7S/c1-10(16,9(14)15)5-12-21(19,20)8-3-2-6(13(17)18)4-7(8)11/h2-4,12,16H,5H2,1H3,(H,14,15). The number of non-ortho nitro benzene ring substituents is 1. The summed E-state index contributed by atoms with van der Waals surface area (Å²) in [6.45, 7) is -0.0505. The van der Waals surface area contributed by atoms with Crippen LogP contribution < -0.4 is 4.72 Å².